The van der Waals surface area contributed by atoms with Gasteiger partial charge in [0.1, 0.15) is 0 Å². The molecule has 1 saturated carbocycles. The Labute approximate surface area is 107 Å². The number of piperidine rings is 1. The lowest BCUT2D eigenvalue weighted by Gasteiger charge is -2.36. The molecule has 2 aliphatic rings. The first-order valence-electron chi connectivity index (χ1n) is 7.67. The molecule has 0 aromatic rings. The molecule has 17 heavy (non-hydrogen) atoms. The van der Waals surface area contributed by atoms with Crippen molar-refractivity contribution in [3.63, 3.8) is 0 Å². The Balaban J connectivity index is 1.76. The smallest absolute Gasteiger partial charge is 0.00818 e. The Bertz CT molecular complexity index is 229. The Kier molecular flexibility index (Phi) is 4.87. The highest BCUT2D eigenvalue weighted by Gasteiger charge is 2.27. The summed E-state index contributed by atoms with van der Waals surface area (Å²) in [7, 11) is 0. The zero-order valence-electron chi connectivity index (χ0n) is 11.9. The van der Waals surface area contributed by atoms with E-state index < -0.39 is 0 Å². The fourth-order valence-electron chi connectivity index (χ4n) is 3.65. The molecule has 4 unspecified atom stereocenters. The summed E-state index contributed by atoms with van der Waals surface area (Å²) in [5, 5.41) is 3.90. The fraction of sp³-hybridized carbons (Fsp3) is 1.00. The van der Waals surface area contributed by atoms with Crippen LogP contribution in [0, 0.1) is 11.8 Å². The normalized spacial score (nSPS) is 37.2. The van der Waals surface area contributed by atoms with Crippen LogP contribution in [0.1, 0.15) is 52.9 Å². The van der Waals surface area contributed by atoms with Crippen molar-refractivity contribution in [3.8, 4) is 0 Å². The number of likely N-dealkylation sites (tertiary alicyclic amines) is 1. The van der Waals surface area contributed by atoms with Gasteiger partial charge in [-0.3, -0.25) is 0 Å². The van der Waals surface area contributed by atoms with E-state index in [9.17, 15) is 0 Å². The van der Waals surface area contributed by atoms with Gasteiger partial charge in [-0.05, 0) is 64.0 Å². The summed E-state index contributed by atoms with van der Waals surface area (Å²) in [5.74, 6) is 1.82. The Morgan fingerprint density at radius 2 is 2.12 bits per heavy atom. The molecule has 2 nitrogen and oxygen atoms in total. The average Bonchev–Trinajstić information content (AvgIpc) is 2.75. The van der Waals surface area contributed by atoms with Crippen LogP contribution in [0.25, 0.3) is 0 Å². The summed E-state index contributed by atoms with van der Waals surface area (Å²) in [5.41, 5.74) is 0. The van der Waals surface area contributed by atoms with Crippen molar-refractivity contribution in [3.05, 3.63) is 0 Å². The molecule has 0 aromatic heterocycles. The van der Waals surface area contributed by atoms with Gasteiger partial charge in [0.25, 0.3) is 0 Å². The number of hydrogen-bond acceptors (Lipinski definition) is 2. The zero-order chi connectivity index (χ0) is 12.3. The van der Waals surface area contributed by atoms with E-state index in [4.69, 9.17) is 0 Å². The first-order chi connectivity index (χ1) is 8.19. The summed E-state index contributed by atoms with van der Waals surface area (Å²) in [6.45, 7) is 11.0. The van der Waals surface area contributed by atoms with E-state index in [1.807, 2.05) is 0 Å². The maximum atomic E-state index is 3.90. The number of nitrogens with one attached hydrogen (secondary N) is 1. The van der Waals surface area contributed by atoms with Crippen molar-refractivity contribution in [1.29, 1.82) is 0 Å². The molecule has 0 bridgehead atoms. The minimum Gasteiger partial charge on any atom is -0.311 e. The summed E-state index contributed by atoms with van der Waals surface area (Å²) in [6, 6.07) is 1.51. The molecule has 1 saturated heterocycles. The van der Waals surface area contributed by atoms with Crippen LogP contribution < -0.4 is 5.32 Å². The monoisotopic (exact) mass is 238 g/mol. The highest BCUT2D eigenvalue weighted by molar-refractivity contribution is 4.85. The lowest BCUT2D eigenvalue weighted by atomic mass is 9.91. The summed E-state index contributed by atoms with van der Waals surface area (Å²) >= 11 is 0. The minimum absolute atomic E-state index is 0.708. The SMILES string of the molecule is CCN1CCCC(C(C)NC2CCC(C)C2)C1. The van der Waals surface area contributed by atoms with Crippen molar-refractivity contribution in [1.82, 2.24) is 10.2 Å². The predicted molar refractivity (Wildman–Crippen MR) is 74.2 cm³/mol. The third kappa shape index (κ3) is 3.69. The maximum Gasteiger partial charge on any atom is 0.00818 e. The van der Waals surface area contributed by atoms with E-state index in [1.165, 1.54) is 51.7 Å². The van der Waals surface area contributed by atoms with Crippen molar-refractivity contribution in [2.75, 3.05) is 19.6 Å². The van der Waals surface area contributed by atoms with Gasteiger partial charge in [0.2, 0.25) is 0 Å². The summed E-state index contributed by atoms with van der Waals surface area (Å²) < 4.78 is 0. The topological polar surface area (TPSA) is 15.3 Å². The highest BCUT2D eigenvalue weighted by atomic mass is 15.1. The van der Waals surface area contributed by atoms with Crippen molar-refractivity contribution in [2.45, 2.75) is 65.0 Å². The molecule has 4 atom stereocenters. The van der Waals surface area contributed by atoms with Crippen LogP contribution in [-0.2, 0) is 0 Å². The average molecular weight is 238 g/mol. The van der Waals surface area contributed by atoms with Gasteiger partial charge in [-0.15, -0.1) is 0 Å². The lowest BCUT2D eigenvalue weighted by molar-refractivity contribution is 0.152. The van der Waals surface area contributed by atoms with Crippen LogP contribution in [0.3, 0.4) is 0 Å². The van der Waals surface area contributed by atoms with Gasteiger partial charge < -0.3 is 10.2 Å². The molecule has 100 valence electrons. The second-order valence-corrected chi connectivity index (χ2v) is 6.37. The number of nitrogens with zero attached hydrogens (tertiary/aromatic N) is 1. The molecule has 0 aromatic carbocycles. The van der Waals surface area contributed by atoms with Gasteiger partial charge in [-0.25, -0.2) is 0 Å². The van der Waals surface area contributed by atoms with E-state index in [-0.39, 0.29) is 0 Å². The van der Waals surface area contributed by atoms with Crippen LogP contribution in [0.15, 0.2) is 0 Å². The van der Waals surface area contributed by atoms with Crippen molar-refractivity contribution >= 4 is 0 Å². The lowest BCUT2D eigenvalue weighted by Crippen LogP contribution is -2.46. The predicted octanol–water partition coefficient (Wildman–Crippen LogP) is 2.89. The Morgan fingerprint density at radius 3 is 2.76 bits per heavy atom. The molecule has 1 aliphatic heterocycles. The van der Waals surface area contributed by atoms with Crippen molar-refractivity contribution < 1.29 is 0 Å². The van der Waals surface area contributed by atoms with Crippen LogP contribution in [0.5, 0.6) is 0 Å². The molecular formula is C15H30N2. The fourth-order valence-corrected chi connectivity index (χ4v) is 3.65. The summed E-state index contributed by atoms with van der Waals surface area (Å²) in [6.07, 6.45) is 7.04. The molecule has 2 rings (SSSR count). The standard InChI is InChI=1S/C15H30N2/c1-4-17-9-5-6-14(11-17)13(3)16-15-8-7-12(2)10-15/h12-16H,4-11H2,1-3H3. The molecular weight excluding hydrogens is 208 g/mol. The molecule has 1 aliphatic carbocycles. The molecule has 0 amide bonds. The Morgan fingerprint density at radius 1 is 1.29 bits per heavy atom. The molecule has 0 spiro atoms. The number of rotatable bonds is 4. The van der Waals surface area contributed by atoms with Crippen LogP contribution in [0.2, 0.25) is 0 Å². The maximum absolute atomic E-state index is 3.90. The van der Waals surface area contributed by atoms with Gasteiger partial charge in [-0.1, -0.05) is 13.8 Å². The van der Waals surface area contributed by atoms with Crippen LogP contribution in [0.4, 0.5) is 0 Å². The third-order valence-electron chi connectivity index (χ3n) is 4.89. The quantitative estimate of drug-likeness (QED) is 0.810. The van der Waals surface area contributed by atoms with E-state index in [0.29, 0.717) is 6.04 Å². The molecule has 2 fully saturated rings. The Hall–Kier alpha value is -0.0800. The number of hydrogen-bond donors (Lipinski definition) is 1. The van der Waals surface area contributed by atoms with Crippen molar-refractivity contribution in [2.24, 2.45) is 11.8 Å². The van der Waals surface area contributed by atoms with Crippen LogP contribution >= 0.6 is 0 Å². The molecule has 2 heteroatoms. The van der Waals surface area contributed by atoms with E-state index in [0.717, 1.165) is 17.9 Å². The first-order valence-corrected chi connectivity index (χ1v) is 7.67. The highest BCUT2D eigenvalue weighted by Crippen LogP contribution is 2.27. The second-order valence-electron chi connectivity index (χ2n) is 6.37. The van der Waals surface area contributed by atoms with Gasteiger partial charge >= 0.3 is 0 Å². The zero-order valence-corrected chi connectivity index (χ0v) is 11.9. The van der Waals surface area contributed by atoms with Gasteiger partial charge in [0.15, 0.2) is 0 Å². The molecule has 1 N–H and O–H groups in total. The van der Waals surface area contributed by atoms with Crippen LogP contribution in [-0.4, -0.2) is 36.6 Å². The van der Waals surface area contributed by atoms with E-state index in [1.54, 1.807) is 0 Å². The largest absolute Gasteiger partial charge is 0.311 e. The van der Waals surface area contributed by atoms with E-state index in [2.05, 4.69) is 31.0 Å². The van der Waals surface area contributed by atoms with Gasteiger partial charge in [-0.2, -0.15) is 0 Å². The molecule has 0 radical (unpaired) electrons. The first kappa shape index (κ1) is 13.4. The van der Waals surface area contributed by atoms with Gasteiger partial charge in [0, 0.05) is 18.6 Å². The van der Waals surface area contributed by atoms with Gasteiger partial charge in [0.05, 0.1) is 0 Å². The van der Waals surface area contributed by atoms with E-state index >= 15 is 0 Å². The summed E-state index contributed by atoms with van der Waals surface area (Å²) in [4.78, 5) is 2.61. The third-order valence-corrected chi connectivity index (χ3v) is 4.89. The second kappa shape index (κ2) is 6.19. The molecule has 1 heterocycles. The minimum atomic E-state index is 0.708.